The fourth-order valence-corrected chi connectivity index (χ4v) is 10.8. The van der Waals surface area contributed by atoms with Gasteiger partial charge in [0, 0.05) is 48.4 Å². The maximum Gasteiger partial charge on any atom is 0.206 e. The normalized spacial score (nSPS) is 23.2. The summed E-state index contributed by atoms with van der Waals surface area (Å²) >= 11 is 0. The first-order valence-corrected chi connectivity index (χ1v) is 21.1. The summed E-state index contributed by atoms with van der Waals surface area (Å²) < 4.78 is 64.8. The van der Waals surface area contributed by atoms with E-state index in [4.69, 9.17) is 0 Å². The molecule has 4 aromatic rings. The summed E-state index contributed by atoms with van der Waals surface area (Å²) in [6.07, 6.45) is 4.27. The van der Waals surface area contributed by atoms with Gasteiger partial charge in [-0.2, -0.15) is 0 Å². The van der Waals surface area contributed by atoms with Gasteiger partial charge in [0.15, 0.2) is 0 Å². The number of halogens is 1. The first kappa shape index (κ1) is 35.6. The molecular weight excluding hydrogens is 684 g/mol. The van der Waals surface area contributed by atoms with E-state index in [0.717, 1.165) is 81.9 Å². The van der Waals surface area contributed by atoms with Gasteiger partial charge < -0.3 is 20.4 Å². The van der Waals surface area contributed by atoms with Crippen molar-refractivity contribution in [1.82, 2.24) is 9.80 Å². The van der Waals surface area contributed by atoms with E-state index in [-0.39, 0.29) is 9.79 Å². The molecule has 4 aromatic carbocycles. The van der Waals surface area contributed by atoms with Gasteiger partial charge in [0.05, 0.1) is 19.6 Å². The molecule has 0 spiro atoms. The minimum Gasteiger partial charge on any atom is -0.381 e. The lowest BCUT2D eigenvalue weighted by Crippen LogP contribution is -2.25. The van der Waals surface area contributed by atoms with Crippen molar-refractivity contribution in [3.8, 4) is 0 Å². The lowest BCUT2D eigenvalue weighted by atomic mass is 9.91. The third kappa shape index (κ3) is 7.18. The van der Waals surface area contributed by atoms with Gasteiger partial charge in [-0.25, -0.2) is 21.2 Å². The quantitative estimate of drug-likeness (QED) is 0.202. The Balaban J connectivity index is 0.000000159. The van der Waals surface area contributed by atoms with Gasteiger partial charge in [-0.3, -0.25) is 0 Å². The first-order valence-electron chi connectivity index (χ1n) is 18.1. The van der Waals surface area contributed by atoms with Gasteiger partial charge in [-0.1, -0.05) is 32.0 Å². The third-order valence-electron chi connectivity index (χ3n) is 11.2. The maximum atomic E-state index is 13.1. The Morgan fingerprint density at radius 1 is 0.569 bits per heavy atom. The van der Waals surface area contributed by atoms with Gasteiger partial charge in [0.2, 0.25) is 19.7 Å². The van der Waals surface area contributed by atoms with E-state index >= 15 is 0 Å². The highest BCUT2D eigenvalue weighted by Gasteiger charge is 2.36. The molecule has 270 valence electrons. The number of nitrogens with zero attached hydrogens (tertiary/aromatic N) is 2. The second-order valence-electron chi connectivity index (χ2n) is 14.0. The molecule has 2 fully saturated rings. The summed E-state index contributed by atoms with van der Waals surface area (Å²) in [6, 6.07) is 25.4. The van der Waals surface area contributed by atoms with Gasteiger partial charge >= 0.3 is 0 Å². The van der Waals surface area contributed by atoms with Crippen LogP contribution in [0.5, 0.6) is 0 Å². The molecule has 4 atom stereocenters. The molecule has 0 aromatic heterocycles. The Bertz CT molecular complexity index is 2080. The van der Waals surface area contributed by atoms with Crippen LogP contribution in [0.15, 0.2) is 111 Å². The Morgan fingerprint density at radius 2 is 0.980 bits per heavy atom. The molecule has 4 heterocycles. The average Bonchev–Trinajstić information content (AvgIpc) is 3.50. The van der Waals surface area contributed by atoms with Crippen LogP contribution in [0.4, 0.5) is 15.8 Å². The zero-order valence-electron chi connectivity index (χ0n) is 29.3. The molecule has 0 unspecified atom stereocenters. The summed E-state index contributed by atoms with van der Waals surface area (Å²) in [4.78, 5) is 6.08. The van der Waals surface area contributed by atoms with E-state index in [9.17, 15) is 21.2 Å². The fourth-order valence-electron chi connectivity index (χ4n) is 8.21. The van der Waals surface area contributed by atoms with Crippen LogP contribution in [0, 0.1) is 5.82 Å². The predicted octanol–water partition coefficient (Wildman–Crippen LogP) is 7.16. The molecule has 51 heavy (non-hydrogen) atoms. The van der Waals surface area contributed by atoms with E-state index in [1.54, 1.807) is 36.4 Å². The number of hydrogen-bond donors (Lipinski definition) is 2. The molecule has 4 aliphatic heterocycles. The smallest absolute Gasteiger partial charge is 0.206 e. The van der Waals surface area contributed by atoms with E-state index < -0.39 is 25.5 Å². The molecule has 0 bridgehead atoms. The Morgan fingerprint density at radius 3 is 1.43 bits per heavy atom. The van der Waals surface area contributed by atoms with Crippen LogP contribution in [-0.2, 0) is 19.7 Å². The van der Waals surface area contributed by atoms with Crippen LogP contribution in [0.1, 0.15) is 62.5 Å². The predicted molar refractivity (Wildman–Crippen MR) is 200 cm³/mol. The number of sulfone groups is 2. The molecule has 4 aliphatic rings. The van der Waals surface area contributed by atoms with Crippen LogP contribution in [-0.4, -0.2) is 78.0 Å². The molecule has 11 heteroatoms. The maximum absolute atomic E-state index is 13.1. The first-order chi connectivity index (χ1) is 24.6. The minimum absolute atomic E-state index is 0.124. The molecule has 2 saturated heterocycles. The highest BCUT2D eigenvalue weighted by molar-refractivity contribution is 7.91. The number of hydrogen-bond acceptors (Lipinski definition) is 8. The van der Waals surface area contributed by atoms with Crippen LogP contribution >= 0.6 is 0 Å². The number of nitrogens with one attached hydrogen (secondary N) is 2. The van der Waals surface area contributed by atoms with E-state index in [1.165, 1.54) is 29.8 Å². The molecule has 0 amide bonds. The zero-order chi connectivity index (χ0) is 35.8. The van der Waals surface area contributed by atoms with Crippen LogP contribution in [0.25, 0.3) is 0 Å². The lowest BCUT2D eigenvalue weighted by molar-refractivity contribution is 0.298. The van der Waals surface area contributed by atoms with Gasteiger partial charge in [0.25, 0.3) is 0 Å². The Hall–Kier alpha value is -3.77. The Kier molecular flexibility index (Phi) is 10.3. The summed E-state index contributed by atoms with van der Waals surface area (Å²) in [7, 11) is -7.11. The summed E-state index contributed by atoms with van der Waals surface area (Å²) in [5.74, 6) is 0.297. The van der Waals surface area contributed by atoms with Crippen LogP contribution in [0.2, 0.25) is 0 Å². The molecular formula is C40H47FN4O4S2. The monoisotopic (exact) mass is 730 g/mol. The molecule has 0 radical (unpaired) electrons. The van der Waals surface area contributed by atoms with Crippen LogP contribution in [0.3, 0.4) is 0 Å². The average molecular weight is 731 g/mol. The fraction of sp³-hybridized carbons (Fsp3) is 0.400. The Labute approximate surface area is 301 Å². The van der Waals surface area contributed by atoms with Crippen molar-refractivity contribution in [2.75, 3.05) is 49.9 Å². The molecule has 0 saturated carbocycles. The van der Waals surface area contributed by atoms with Crippen molar-refractivity contribution >= 4 is 31.0 Å². The second-order valence-corrected chi connectivity index (χ2v) is 17.9. The van der Waals surface area contributed by atoms with E-state index in [0.29, 0.717) is 33.7 Å². The number of fused-ring (bicyclic) bond motifs is 6. The van der Waals surface area contributed by atoms with Crippen molar-refractivity contribution in [1.29, 1.82) is 0 Å². The SMILES string of the molecule is CCN1CC[C@@H]2c3cc(S(=O)(=O)c4ccc(F)cc4)ccc3N[C@@H]2CC1.CCN1CC[C@@H]2c3cc(S(=O)(=O)c4ccccc4)ccc3N[C@@H]2CC1. The van der Waals surface area contributed by atoms with Crippen molar-refractivity contribution < 1.29 is 21.2 Å². The van der Waals surface area contributed by atoms with Crippen molar-refractivity contribution in [2.24, 2.45) is 0 Å². The van der Waals surface area contributed by atoms with E-state index in [2.05, 4.69) is 34.3 Å². The molecule has 8 rings (SSSR count). The third-order valence-corrected chi connectivity index (χ3v) is 14.8. The highest BCUT2D eigenvalue weighted by Crippen LogP contribution is 2.44. The van der Waals surface area contributed by atoms with Crippen molar-refractivity contribution in [3.05, 3.63) is 108 Å². The second kappa shape index (κ2) is 14.7. The molecule has 8 nitrogen and oxygen atoms in total. The zero-order valence-corrected chi connectivity index (χ0v) is 30.9. The van der Waals surface area contributed by atoms with E-state index in [1.807, 2.05) is 30.3 Å². The van der Waals surface area contributed by atoms with Gasteiger partial charge in [-0.05, 0) is 136 Å². The summed E-state index contributed by atoms with van der Waals surface area (Å²) in [5.41, 5.74) is 4.41. The largest absolute Gasteiger partial charge is 0.381 e. The van der Waals surface area contributed by atoms with Crippen molar-refractivity contribution in [3.63, 3.8) is 0 Å². The number of likely N-dealkylation sites (tertiary alicyclic amines) is 2. The van der Waals surface area contributed by atoms with Crippen LogP contribution < -0.4 is 10.6 Å². The number of rotatable bonds is 6. The topological polar surface area (TPSA) is 98.8 Å². The van der Waals surface area contributed by atoms with Crippen molar-refractivity contribution in [2.45, 2.75) is 83.0 Å². The standard InChI is InChI=1S/C20H23FN2O2S.C20H24N2O2S/c1-2-23-11-9-17-18-13-16(7-8-19(18)22-20(17)10-12-23)26(24,25)15-5-3-14(21)4-6-15;1-2-22-12-10-17-18-14-16(8-9-19(18)21-20(17)11-13-22)25(23,24)15-6-4-3-5-7-15/h3-8,13,17,20,22H,2,9-12H2,1H3;3-9,14,17,20-21H,2,10-13H2,1H3/t2*17-,20-/m11/s1. The minimum atomic E-state index is -3.64. The lowest BCUT2D eigenvalue weighted by Gasteiger charge is -2.17. The van der Waals surface area contributed by atoms with Gasteiger partial charge in [0.1, 0.15) is 5.82 Å². The highest BCUT2D eigenvalue weighted by atomic mass is 32.2. The molecule has 2 N–H and O–H groups in total. The summed E-state index contributed by atoms with van der Waals surface area (Å²) in [6.45, 7) is 10.8. The molecule has 0 aliphatic carbocycles. The number of benzene rings is 4. The number of anilines is 2. The van der Waals surface area contributed by atoms with Gasteiger partial charge in [-0.15, -0.1) is 0 Å². The summed E-state index contributed by atoms with van der Waals surface area (Å²) in [5, 5.41) is 7.19.